The fraction of sp³-hybridized carbons (Fsp3) is 0.125. The van der Waals surface area contributed by atoms with E-state index in [2.05, 4.69) is 4.99 Å². The number of benzene rings is 2. The molecular weight excluding hydrogens is 252 g/mol. The third-order valence-corrected chi connectivity index (χ3v) is 3.07. The van der Waals surface area contributed by atoms with Crippen molar-refractivity contribution in [3.63, 3.8) is 0 Å². The monoisotopic (exact) mass is 266 g/mol. The summed E-state index contributed by atoms with van der Waals surface area (Å²) in [5, 5.41) is 0. The number of ketones is 1. The van der Waals surface area contributed by atoms with Gasteiger partial charge in [-0.2, -0.15) is 4.99 Å². The van der Waals surface area contributed by atoms with Crippen LogP contribution in [0.4, 0.5) is 17.1 Å². The molecule has 0 aliphatic carbocycles. The van der Waals surface area contributed by atoms with Crippen LogP contribution in [0.1, 0.15) is 17.3 Å². The zero-order chi connectivity index (χ0) is 14.5. The Kier molecular flexibility index (Phi) is 4.08. The molecule has 0 radical (unpaired) electrons. The van der Waals surface area contributed by atoms with Crippen LogP contribution in [0.5, 0.6) is 0 Å². The van der Waals surface area contributed by atoms with E-state index in [0.29, 0.717) is 11.3 Å². The highest BCUT2D eigenvalue weighted by Gasteiger charge is 2.09. The fourth-order valence-corrected chi connectivity index (χ4v) is 1.95. The number of para-hydroxylation sites is 2. The van der Waals surface area contributed by atoms with Crippen molar-refractivity contribution >= 4 is 28.9 Å². The van der Waals surface area contributed by atoms with Crippen molar-refractivity contribution in [3.05, 3.63) is 54.1 Å². The van der Waals surface area contributed by atoms with E-state index in [0.717, 1.165) is 11.4 Å². The first-order valence-corrected chi connectivity index (χ1v) is 6.15. The van der Waals surface area contributed by atoms with Gasteiger partial charge in [-0.05, 0) is 43.3 Å². The third-order valence-electron chi connectivity index (χ3n) is 3.07. The molecule has 0 saturated carbocycles. The number of isocyanates is 1. The van der Waals surface area contributed by atoms with Gasteiger partial charge in [0.2, 0.25) is 6.08 Å². The first-order chi connectivity index (χ1) is 9.63. The van der Waals surface area contributed by atoms with E-state index in [-0.39, 0.29) is 5.78 Å². The van der Waals surface area contributed by atoms with Crippen molar-refractivity contribution in [1.82, 2.24) is 0 Å². The van der Waals surface area contributed by atoms with Crippen LogP contribution in [-0.4, -0.2) is 18.9 Å². The molecule has 2 aromatic carbocycles. The Morgan fingerprint density at radius 2 is 1.75 bits per heavy atom. The SMILES string of the molecule is CC(=O)c1ccc(N(C)c2ccccc2N=C=O)cc1. The van der Waals surface area contributed by atoms with E-state index in [4.69, 9.17) is 0 Å². The van der Waals surface area contributed by atoms with E-state index in [1.165, 1.54) is 6.92 Å². The number of nitrogens with zero attached hydrogens (tertiary/aromatic N) is 2. The minimum atomic E-state index is 0.0326. The van der Waals surface area contributed by atoms with Crippen molar-refractivity contribution in [3.8, 4) is 0 Å². The van der Waals surface area contributed by atoms with Gasteiger partial charge >= 0.3 is 0 Å². The summed E-state index contributed by atoms with van der Waals surface area (Å²) in [6, 6.07) is 14.6. The van der Waals surface area contributed by atoms with Gasteiger partial charge in [-0.1, -0.05) is 12.1 Å². The van der Waals surface area contributed by atoms with Crippen LogP contribution in [0.25, 0.3) is 0 Å². The van der Waals surface area contributed by atoms with Gasteiger partial charge in [0.05, 0.1) is 11.4 Å². The normalized spacial score (nSPS) is 9.70. The largest absolute Gasteiger partial charge is 0.343 e. The average molecular weight is 266 g/mol. The molecule has 0 heterocycles. The standard InChI is InChI=1S/C16H14N2O2/c1-12(20)13-7-9-14(10-8-13)18(2)16-6-4-3-5-15(16)17-11-19/h3-10H,1-2H3. The van der Waals surface area contributed by atoms with E-state index >= 15 is 0 Å². The van der Waals surface area contributed by atoms with Gasteiger partial charge in [-0.3, -0.25) is 4.79 Å². The molecule has 0 aliphatic rings. The smallest absolute Gasteiger partial charge is 0.240 e. The van der Waals surface area contributed by atoms with Crippen LogP contribution in [-0.2, 0) is 4.79 Å². The van der Waals surface area contributed by atoms with Crippen molar-refractivity contribution < 1.29 is 9.59 Å². The minimum absolute atomic E-state index is 0.0326. The molecule has 100 valence electrons. The minimum Gasteiger partial charge on any atom is -0.343 e. The Morgan fingerprint density at radius 3 is 2.35 bits per heavy atom. The topological polar surface area (TPSA) is 49.7 Å². The van der Waals surface area contributed by atoms with Crippen LogP contribution < -0.4 is 4.90 Å². The maximum Gasteiger partial charge on any atom is 0.240 e. The lowest BCUT2D eigenvalue weighted by atomic mass is 10.1. The van der Waals surface area contributed by atoms with Crippen LogP contribution in [0.15, 0.2) is 53.5 Å². The summed E-state index contributed by atoms with van der Waals surface area (Å²) in [7, 11) is 1.88. The summed E-state index contributed by atoms with van der Waals surface area (Å²) in [5.74, 6) is 0.0326. The zero-order valence-electron chi connectivity index (χ0n) is 11.3. The van der Waals surface area contributed by atoms with Gasteiger partial charge in [0.25, 0.3) is 0 Å². The quantitative estimate of drug-likeness (QED) is 0.482. The van der Waals surface area contributed by atoms with E-state index in [1.807, 2.05) is 42.3 Å². The van der Waals surface area contributed by atoms with Crippen molar-refractivity contribution in [2.75, 3.05) is 11.9 Å². The van der Waals surface area contributed by atoms with Crippen molar-refractivity contribution in [2.24, 2.45) is 4.99 Å². The molecular formula is C16H14N2O2. The zero-order valence-corrected chi connectivity index (χ0v) is 11.3. The second-order valence-electron chi connectivity index (χ2n) is 4.35. The number of hydrogen-bond acceptors (Lipinski definition) is 4. The van der Waals surface area contributed by atoms with Crippen molar-refractivity contribution in [2.45, 2.75) is 6.92 Å². The summed E-state index contributed by atoms with van der Waals surface area (Å²) < 4.78 is 0. The van der Waals surface area contributed by atoms with E-state index in [9.17, 15) is 9.59 Å². The molecule has 20 heavy (non-hydrogen) atoms. The van der Waals surface area contributed by atoms with Crippen LogP contribution >= 0.6 is 0 Å². The highest BCUT2D eigenvalue weighted by molar-refractivity contribution is 5.94. The van der Waals surface area contributed by atoms with Crippen LogP contribution in [0.2, 0.25) is 0 Å². The van der Waals surface area contributed by atoms with Gasteiger partial charge in [0.15, 0.2) is 5.78 Å². The molecule has 2 rings (SSSR count). The Balaban J connectivity index is 2.38. The van der Waals surface area contributed by atoms with Crippen molar-refractivity contribution in [1.29, 1.82) is 0 Å². The molecule has 0 bridgehead atoms. The molecule has 4 nitrogen and oxygen atoms in total. The Morgan fingerprint density at radius 1 is 1.10 bits per heavy atom. The summed E-state index contributed by atoms with van der Waals surface area (Å²) in [6.45, 7) is 1.53. The maximum atomic E-state index is 11.3. The molecule has 0 fully saturated rings. The second-order valence-corrected chi connectivity index (χ2v) is 4.35. The van der Waals surface area contributed by atoms with Crippen LogP contribution in [0, 0.1) is 0 Å². The molecule has 2 aromatic rings. The third kappa shape index (κ3) is 2.82. The molecule has 0 saturated heterocycles. The lowest BCUT2D eigenvalue weighted by Gasteiger charge is -2.20. The van der Waals surface area contributed by atoms with Gasteiger partial charge in [0.1, 0.15) is 0 Å². The summed E-state index contributed by atoms with van der Waals surface area (Å²) >= 11 is 0. The average Bonchev–Trinajstić information content (AvgIpc) is 2.47. The highest BCUT2D eigenvalue weighted by Crippen LogP contribution is 2.32. The number of aliphatic imine (C=N–C) groups is 1. The molecule has 0 aromatic heterocycles. The Labute approximate surface area is 117 Å². The molecule has 0 N–H and O–H groups in total. The number of anilines is 2. The summed E-state index contributed by atoms with van der Waals surface area (Å²) in [4.78, 5) is 27.3. The van der Waals surface area contributed by atoms with Gasteiger partial charge in [-0.25, -0.2) is 4.79 Å². The van der Waals surface area contributed by atoms with Gasteiger partial charge < -0.3 is 4.90 Å². The first kappa shape index (κ1) is 13.7. The predicted molar refractivity (Wildman–Crippen MR) is 78.7 cm³/mol. The van der Waals surface area contributed by atoms with E-state index < -0.39 is 0 Å². The number of hydrogen-bond donors (Lipinski definition) is 0. The molecule has 0 unspecified atom stereocenters. The Hall–Kier alpha value is -2.71. The Bertz CT molecular complexity index is 671. The number of rotatable bonds is 4. The highest BCUT2D eigenvalue weighted by atomic mass is 16.1. The molecule has 4 heteroatoms. The predicted octanol–water partition coefficient (Wildman–Crippen LogP) is 3.62. The molecule has 0 atom stereocenters. The molecule has 0 spiro atoms. The van der Waals surface area contributed by atoms with Gasteiger partial charge in [-0.15, -0.1) is 0 Å². The fourth-order valence-electron chi connectivity index (χ4n) is 1.95. The summed E-state index contributed by atoms with van der Waals surface area (Å²) in [5.41, 5.74) is 2.93. The van der Waals surface area contributed by atoms with Crippen LogP contribution in [0.3, 0.4) is 0 Å². The summed E-state index contributed by atoms with van der Waals surface area (Å²) in [6.07, 6.45) is 1.56. The maximum absolute atomic E-state index is 11.3. The number of Topliss-reactive ketones (excluding diaryl/α,β-unsaturated/α-hetero) is 1. The van der Waals surface area contributed by atoms with Gasteiger partial charge in [0, 0.05) is 18.3 Å². The number of carbonyl (C=O) groups excluding carboxylic acids is 2. The lowest BCUT2D eigenvalue weighted by Crippen LogP contribution is -2.09. The second kappa shape index (κ2) is 5.95. The molecule has 0 amide bonds. The van der Waals surface area contributed by atoms with E-state index in [1.54, 1.807) is 24.3 Å². The molecule has 0 aliphatic heterocycles. The lowest BCUT2D eigenvalue weighted by molar-refractivity contribution is 0.101. The number of carbonyl (C=O) groups is 1. The first-order valence-electron chi connectivity index (χ1n) is 6.15.